The minimum Gasteiger partial charge on any atom is -0.368 e. The summed E-state index contributed by atoms with van der Waals surface area (Å²) in [5.41, 5.74) is 1.78. The molecule has 0 amide bonds. The minimum absolute atomic E-state index is 0.141. The van der Waals surface area contributed by atoms with Crippen LogP contribution in [0.3, 0.4) is 0 Å². The van der Waals surface area contributed by atoms with Crippen LogP contribution in [0.4, 0.5) is 10.9 Å². The fourth-order valence-corrected chi connectivity index (χ4v) is 2.89. The molecule has 7 nitrogen and oxygen atoms in total. The molecule has 23 heavy (non-hydrogen) atoms. The van der Waals surface area contributed by atoms with E-state index in [-0.39, 0.29) is 5.56 Å². The van der Waals surface area contributed by atoms with Crippen molar-refractivity contribution in [2.75, 3.05) is 23.7 Å². The molecule has 3 aromatic heterocycles. The van der Waals surface area contributed by atoms with E-state index in [1.165, 1.54) is 21.9 Å². The van der Waals surface area contributed by atoms with Crippen molar-refractivity contribution < 1.29 is 0 Å². The number of aryl methyl sites for hydroxylation is 2. The van der Waals surface area contributed by atoms with Gasteiger partial charge in [0.05, 0.1) is 0 Å². The number of pyridine rings is 1. The third-order valence-electron chi connectivity index (χ3n) is 3.28. The van der Waals surface area contributed by atoms with E-state index in [0.29, 0.717) is 23.2 Å². The van der Waals surface area contributed by atoms with Crippen LogP contribution in [0.25, 0.3) is 4.96 Å². The third kappa shape index (κ3) is 3.65. The Balaban J connectivity index is 1.60. The average molecular weight is 330 g/mol. The predicted octanol–water partition coefficient (Wildman–Crippen LogP) is 1.94. The molecular weight excluding hydrogens is 312 g/mol. The molecule has 8 heteroatoms. The van der Waals surface area contributed by atoms with Gasteiger partial charge in [0.2, 0.25) is 10.1 Å². The number of hydrogen-bond donors (Lipinski definition) is 2. The van der Waals surface area contributed by atoms with E-state index in [2.05, 4.69) is 25.7 Å². The number of anilines is 2. The number of fused-ring (bicyclic) bond motifs is 1. The Morgan fingerprint density at radius 3 is 2.83 bits per heavy atom. The van der Waals surface area contributed by atoms with Crippen molar-refractivity contribution in [3.05, 3.63) is 46.0 Å². The molecule has 0 aliphatic heterocycles. The fraction of sp³-hybridized carbons (Fsp3) is 0.333. The molecule has 120 valence electrons. The maximum Gasteiger partial charge on any atom is 0.275 e. The van der Waals surface area contributed by atoms with Crippen molar-refractivity contribution in [2.24, 2.45) is 0 Å². The number of rotatable bonds is 6. The Hall–Kier alpha value is -2.48. The Bertz CT molecular complexity index is 855. The molecule has 3 heterocycles. The lowest BCUT2D eigenvalue weighted by Crippen LogP contribution is -2.16. The lowest BCUT2D eigenvalue weighted by molar-refractivity contribution is 0.874. The molecule has 0 saturated heterocycles. The lowest BCUT2D eigenvalue weighted by Gasteiger charge is -2.05. The van der Waals surface area contributed by atoms with Crippen molar-refractivity contribution >= 4 is 27.2 Å². The molecule has 0 aliphatic carbocycles. The monoisotopic (exact) mass is 330 g/mol. The lowest BCUT2D eigenvalue weighted by atomic mass is 10.3. The maximum atomic E-state index is 11.9. The van der Waals surface area contributed by atoms with Crippen LogP contribution in [0.1, 0.15) is 18.2 Å². The Labute approximate surface area is 137 Å². The summed E-state index contributed by atoms with van der Waals surface area (Å²) >= 11 is 1.38. The van der Waals surface area contributed by atoms with Gasteiger partial charge in [0, 0.05) is 31.0 Å². The molecule has 3 aromatic rings. The Morgan fingerprint density at radius 1 is 1.26 bits per heavy atom. The highest BCUT2D eigenvalue weighted by Gasteiger charge is 2.07. The summed E-state index contributed by atoms with van der Waals surface area (Å²) in [4.78, 5) is 21.2. The van der Waals surface area contributed by atoms with Crippen LogP contribution in [0, 0.1) is 6.92 Å². The first-order valence-electron chi connectivity index (χ1n) is 7.46. The number of aromatic nitrogens is 4. The van der Waals surface area contributed by atoms with Crippen LogP contribution in [0.5, 0.6) is 0 Å². The van der Waals surface area contributed by atoms with E-state index in [1.807, 2.05) is 32.2 Å². The normalized spacial score (nSPS) is 10.9. The summed E-state index contributed by atoms with van der Waals surface area (Å²) < 4.78 is 1.33. The van der Waals surface area contributed by atoms with Gasteiger partial charge in [0.1, 0.15) is 5.82 Å². The van der Waals surface area contributed by atoms with Gasteiger partial charge in [0.15, 0.2) is 0 Å². The van der Waals surface area contributed by atoms with Crippen molar-refractivity contribution in [1.82, 2.24) is 19.6 Å². The van der Waals surface area contributed by atoms with E-state index in [4.69, 9.17) is 0 Å². The Kier molecular flexibility index (Phi) is 4.52. The second-order valence-corrected chi connectivity index (χ2v) is 6.07. The number of nitrogens with zero attached hydrogens (tertiary/aromatic N) is 4. The highest BCUT2D eigenvalue weighted by atomic mass is 32.1. The van der Waals surface area contributed by atoms with Crippen molar-refractivity contribution in [2.45, 2.75) is 20.3 Å². The second kappa shape index (κ2) is 6.74. The zero-order chi connectivity index (χ0) is 16.2. The molecular formula is C15H18N6OS. The van der Waals surface area contributed by atoms with Gasteiger partial charge in [-0.3, -0.25) is 4.79 Å². The SMILES string of the molecule is CCc1cc(=O)n2nc(NCCNc3ccc(C)cn3)sc2n1. The van der Waals surface area contributed by atoms with Gasteiger partial charge >= 0.3 is 0 Å². The zero-order valence-corrected chi connectivity index (χ0v) is 13.9. The molecule has 0 spiro atoms. The largest absolute Gasteiger partial charge is 0.368 e. The van der Waals surface area contributed by atoms with E-state index < -0.39 is 0 Å². The third-order valence-corrected chi connectivity index (χ3v) is 4.15. The van der Waals surface area contributed by atoms with Gasteiger partial charge in [-0.25, -0.2) is 9.97 Å². The van der Waals surface area contributed by atoms with Crippen molar-refractivity contribution in [3.63, 3.8) is 0 Å². The maximum absolute atomic E-state index is 11.9. The van der Waals surface area contributed by atoms with E-state index >= 15 is 0 Å². The molecule has 0 saturated carbocycles. The summed E-state index contributed by atoms with van der Waals surface area (Å²) in [6.07, 6.45) is 2.56. The minimum atomic E-state index is -0.141. The van der Waals surface area contributed by atoms with Gasteiger partial charge in [-0.15, -0.1) is 5.10 Å². The van der Waals surface area contributed by atoms with Crippen molar-refractivity contribution in [3.8, 4) is 0 Å². The molecule has 0 aromatic carbocycles. The summed E-state index contributed by atoms with van der Waals surface area (Å²) in [6, 6.07) is 5.49. The molecule has 3 rings (SSSR count). The van der Waals surface area contributed by atoms with Gasteiger partial charge in [-0.05, 0) is 25.0 Å². The fourth-order valence-electron chi connectivity index (χ4n) is 2.04. The standard InChI is InChI=1S/C15H18N6OS/c1-3-11-8-13(22)21-15(19-11)23-14(20-21)17-7-6-16-12-5-4-10(2)9-18-12/h4-5,8-9H,3,6-7H2,1-2H3,(H,16,18)(H,17,20). The molecule has 0 fully saturated rings. The van der Waals surface area contributed by atoms with Gasteiger partial charge in [-0.2, -0.15) is 4.52 Å². The smallest absolute Gasteiger partial charge is 0.275 e. The van der Waals surface area contributed by atoms with Gasteiger partial charge in [0.25, 0.3) is 5.56 Å². The molecule has 0 radical (unpaired) electrons. The molecule has 0 atom stereocenters. The predicted molar refractivity (Wildman–Crippen MR) is 92.5 cm³/mol. The van der Waals surface area contributed by atoms with Crippen molar-refractivity contribution in [1.29, 1.82) is 0 Å². The highest BCUT2D eigenvalue weighted by Crippen LogP contribution is 2.16. The molecule has 0 unspecified atom stereocenters. The van der Waals surface area contributed by atoms with Crippen LogP contribution in [0.2, 0.25) is 0 Å². The molecule has 2 N–H and O–H groups in total. The molecule has 0 aliphatic rings. The first-order chi connectivity index (χ1) is 11.2. The first kappa shape index (κ1) is 15.4. The van der Waals surface area contributed by atoms with E-state index in [9.17, 15) is 4.79 Å². The first-order valence-corrected chi connectivity index (χ1v) is 8.27. The quantitative estimate of drug-likeness (QED) is 0.672. The summed E-state index contributed by atoms with van der Waals surface area (Å²) in [6.45, 7) is 5.36. The van der Waals surface area contributed by atoms with Crippen LogP contribution >= 0.6 is 11.3 Å². The Morgan fingerprint density at radius 2 is 2.09 bits per heavy atom. The average Bonchev–Trinajstić information content (AvgIpc) is 2.96. The van der Waals surface area contributed by atoms with E-state index in [0.717, 1.165) is 23.5 Å². The van der Waals surface area contributed by atoms with Crippen LogP contribution in [0.15, 0.2) is 29.2 Å². The van der Waals surface area contributed by atoms with Gasteiger partial charge < -0.3 is 10.6 Å². The van der Waals surface area contributed by atoms with Crippen LogP contribution in [-0.2, 0) is 6.42 Å². The van der Waals surface area contributed by atoms with Gasteiger partial charge in [-0.1, -0.05) is 24.3 Å². The summed E-state index contributed by atoms with van der Waals surface area (Å²) in [7, 11) is 0. The second-order valence-electron chi connectivity index (χ2n) is 5.12. The van der Waals surface area contributed by atoms with E-state index in [1.54, 1.807) is 0 Å². The zero-order valence-electron chi connectivity index (χ0n) is 13.0. The summed E-state index contributed by atoms with van der Waals surface area (Å²) in [5, 5.41) is 11.4. The highest BCUT2D eigenvalue weighted by molar-refractivity contribution is 7.20. The number of nitrogens with one attached hydrogen (secondary N) is 2. The number of hydrogen-bond acceptors (Lipinski definition) is 7. The summed E-state index contributed by atoms with van der Waals surface area (Å²) in [5.74, 6) is 0.840. The molecule has 0 bridgehead atoms. The van der Waals surface area contributed by atoms with Crippen LogP contribution < -0.4 is 16.2 Å². The topological polar surface area (TPSA) is 84.2 Å². The van der Waals surface area contributed by atoms with Crippen LogP contribution in [-0.4, -0.2) is 32.7 Å².